The zero-order valence-corrected chi connectivity index (χ0v) is 66.9. The van der Waals surface area contributed by atoms with Gasteiger partial charge in [-0.2, -0.15) is 80.9 Å². The number of azo groups is 4. The molecule has 0 aliphatic heterocycles. The highest BCUT2D eigenvalue weighted by Crippen LogP contribution is 2.47. The van der Waals surface area contributed by atoms with E-state index in [0.29, 0.717) is 18.1 Å². The van der Waals surface area contributed by atoms with Crippen molar-refractivity contribution in [1.82, 2.24) is 24.3 Å². The lowest BCUT2D eigenvalue weighted by Crippen LogP contribution is -2.08. The molecule has 0 atom stereocenters. The van der Waals surface area contributed by atoms with E-state index in [9.17, 15) is 98.3 Å². The monoisotopic (exact) mass is 1750 g/mol. The number of nitrogens with one attached hydrogen (secondary N) is 2. The van der Waals surface area contributed by atoms with Crippen molar-refractivity contribution in [1.29, 1.82) is 5.26 Å². The van der Waals surface area contributed by atoms with Gasteiger partial charge in [0, 0.05) is 39.2 Å². The summed E-state index contributed by atoms with van der Waals surface area (Å²) in [6, 6.07) is 20.2. The minimum atomic E-state index is -5.11. The molecule has 6 aromatic carbocycles. The van der Waals surface area contributed by atoms with E-state index in [4.69, 9.17) is 17.4 Å². The molecule has 9 aromatic rings. The number of benzene rings is 6. The molecule has 3 aromatic heterocycles. The molecule has 113 heavy (non-hydrogen) atoms. The number of nitro benzene ring substituents is 1. The number of pyridine rings is 1. The van der Waals surface area contributed by atoms with Crippen LogP contribution in [0.25, 0.3) is 16.7 Å². The Morgan fingerprint density at radius 1 is 0.593 bits per heavy atom. The number of hydrogen-bond donors (Lipinski definition) is 9. The number of aromatic hydroxyl groups is 1. The van der Waals surface area contributed by atoms with Crippen LogP contribution in [-0.4, -0.2) is 166 Å². The number of aromatic nitrogens is 5. The van der Waals surface area contributed by atoms with Crippen LogP contribution in [0.3, 0.4) is 0 Å². The first kappa shape index (κ1) is 88.5. The summed E-state index contributed by atoms with van der Waals surface area (Å²) < 4.78 is 236. The van der Waals surface area contributed by atoms with Crippen LogP contribution in [0.2, 0.25) is 0 Å². The molecule has 3 heterocycles. The number of ether oxygens (including phenoxy) is 1. The molecule has 9 N–H and O–H groups in total. The van der Waals surface area contributed by atoms with Crippen LogP contribution >= 0.6 is 35.3 Å². The number of aryl methyl sites for hydroxylation is 3. The highest BCUT2D eigenvalue weighted by atomic mass is 32.2. The van der Waals surface area contributed by atoms with E-state index in [0.717, 1.165) is 71.7 Å². The van der Waals surface area contributed by atoms with Crippen LogP contribution in [-0.2, 0) is 77.7 Å². The Kier molecular flexibility index (Phi) is 29.2. The maximum Gasteiger partial charge on any atom is 0.425 e. The van der Waals surface area contributed by atoms with Crippen LogP contribution in [0.5, 0.6) is 11.6 Å². The lowest BCUT2D eigenvalue weighted by atomic mass is 10.0. The van der Waals surface area contributed by atoms with Crippen molar-refractivity contribution in [2.24, 2.45) is 40.9 Å². The number of imidazole rings is 1. The average Bonchev–Trinajstić information content (AvgIpc) is 1.59. The molecule has 0 aliphatic carbocycles. The number of anilines is 4. The van der Waals surface area contributed by atoms with Crippen molar-refractivity contribution in [2.45, 2.75) is 89.4 Å². The third kappa shape index (κ3) is 24.9. The fourth-order valence-corrected chi connectivity index (χ4v) is 16.0. The van der Waals surface area contributed by atoms with Gasteiger partial charge in [0.25, 0.3) is 66.4 Å². The topological polar surface area (TPSA) is 653 Å². The van der Waals surface area contributed by atoms with E-state index in [-0.39, 0.29) is 167 Å². The van der Waals surface area contributed by atoms with Crippen molar-refractivity contribution in [2.75, 3.05) is 52.3 Å². The van der Waals surface area contributed by atoms with Crippen molar-refractivity contribution >= 4 is 198 Å². The molecule has 0 saturated carbocycles. The molecular weight excluding hydrogens is 1690 g/mol. The molecule has 0 fully saturated rings. The molecule has 0 amide bonds. The Hall–Kier alpha value is -10.1. The molecule has 0 unspecified atom stereocenters. The molecule has 52 heteroatoms. The van der Waals surface area contributed by atoms with Gasteiger partial charge in [-0.05, 0) is 148 Å². The van der Waals surface area contributed by atoms with Crippen LogP contribution < -0.4 is 15.4 Å². The number of hydrogen-bond acceptors (Lipinski definition) is 37. The summed E-state index contributed by atoms with van der Waals surface area (Å²) in [5, 5.41) is 75.8. The Bertz CT molecular complexity index is 6290. The lowest BCUT2D eigenvalue weighted by molar-refractivity contribution is -0.385. The number of nitro groups is 1. The SMILES string of the molecule is CCCc1c(N=Nc2cc(C)c(N=Nc3cc(Nc4nc(Nc5cccc(S(=O)(=O)O)c5)nc(SC)n4)c(N=Nc4cc(C)c(N=Nc5ccc([N+](=O)[O-])cc5S(=O)(=O)O)cc4SCCCS(=O)(=O)O)cc3SCCCS(=O)(=O)O)cc2OCCCS(=O)(=O)O)c(O)n2c(nc3cc(S(=O)(=O)O)cc(C)c32)c1C#N.O=S(=O)=O. The zero-order chi connectivity index (χ0) is 83.3. The fourth-order valence-electron chi connectivity index (χ4n) is 10.1. The molecular formula is C61H61N17O25S10. The predicted molar refractivity (Wildman–Crippen MR) is 410 cm³/mol. The van der Waals surface area contributed by atoms with Crippen molar-refractivity contribution in [3.63, 3.8) is 0 Å². The van der Waals surface area contributed by atoms with Gasteiger partial charge in [0.15, 0.2) is 16.5 Å². The van der Waals surface area contributed by atoms with E-state index in [2.05, 4.69) is 77.6 Å². The minimum Gasteiger partial charge on any atom is -0.493 e. The lowest BCUT2D eigenvalue weighted by Gasteiger charge is -2.14. The van der Waals surface area contributed by atoms with E-state index in [1.165, 1.54) is 66.8 Å². The van der Waals surface area contributed by atoms with Gasteiger partial charge < -0.3 is 20.5 Å². The third-order valence-corrected chi connectivity index (χ3v) is 22.8. The highest BCUT2D eigenvalue weighted by Gasteiger charge is 2.27. The Balaban J connectivity index is 0.00000390. The summed E-state index contributed by atoms with van der Waals surface area (Å²) in [6.45, 7) is 6.00. The molecule has 0 radical (unpaired) electrons. The maximum atomic E-state index is 12.4. The van der Waals surface area contributed by atoms with Crippen LogP contribution in [0.1, 0.15) is 60.4 Å². The van der Waals surface area contributed by atoms with Gasteiger partial charge in [0.1, 0.15) is 45.0 Å². The largest absolute Gasteiger partial charge is 0.493 e. The molecule has 9 rings (SSSR count). The van der Waals surface area contributed by atoms with Gasteiger partial charge in [0.2, 0.25) is 17.8 Å². The quantitative estimate of drug-likeness (QED) is 0.00452. The van der Waals surface area contributed by atoms with Gasteiger partial charge in [-0.3, -0.25) is 41.8 Å². The summed E-state index contributed by atoms with van der Waals surface area (Å²) >= 11 is 3.04. The first-order valence-corrected chi connectivity index (χ1v) is 45.1. The van der Waals surface area contributed by atoms with E-state index < -0.39 is 125 Å². The number of rotatable bonds is 34. The molecule has 0 saturated heterocycles. The first-order chi connectivity index (χ1) is 52.8. The Morgan fingerprint density at radius 3 is 1.68 bits per heavy atom. The van der Waals surface area contributed by atoms with E-state index >= 15 is 0 Å². The molecule has 0 aliphatic rings. The third-order valence-electron chi connectivity index (χ3n) is 15.0. The average molecular weight is 1750 g/mol. The number of nitrogens with zero attached hydrogens (tertiary/aromatic N) is 15. The van der Waals surface area contributed by atoms with Crippen molar-refractivity contribution in [3.8, 4) is 17.7 Å². The Morgan fingerprint density at radius 2 is 1.12 bits per heavy atom. The first-order valence-electron chi connectivity index (χ1n) is 31.7. The second-order valence-corrected chi connectivity index (χ2v) is 35.8. The predicted octanol–water partition coefficient (Wildman–Crippen LogP) is 13.0. The zero-order valence-electron chi connectivity index (χ0n) is 58.7. The normalized spacial score (nSPS) is 12.5. The van der Waals surface area contributed by atoms with Crippen LogP contribution in [0.4, 0.5) is 74.5 Å². The number of fused-ring (bicyclic) bond motifs is 3. The van der Waals surface area contributed by atoms with Gasteiger partial charge in [-0.15, -0.1) is 66.8 Å². The molecule has 0 spiro atoms. The fraction of sp³-hybridized carbons (Fsp3) is 0.262. The molecule has 42 nitrogen and oxygen atoms in total. The van der Waals surface area contributed by atoms with Gasteiger partial charge in [-0.1, -0.05) is 31.2 Å². The smallest absolute Gasteiger partial charge is 0.425 e. The maximum absolute atomic E-state index is 12.4. The van der Waals surface area contributed by atoms with E-state index in [1.807, 2.05) is 0 Å². The number of thioether (sulfide) groups is 3. The van der Waals surface area contributed by atoms with Crippen molar-refractivity contribution < 1.29 is 105 Å². The summed E-state index contributed by atoms with van der Waals surface area (Å²) in [5.41, 5.74) is -0.384. The number of non-ortho nitro benzene ring substituents is 1. The summed E-state index contributed by atoms with van der Waals surface area (Å²) in [5.74, 6) is -3.22. The summed E-state index contributed by atoms with van der Waals surface area (Å²) in [4.78, 5) is 27.0. The minimum absolute atomic E-state index is 0.000705. The molecule has 0 bridgehead atoms. The highest BCUT2D eigenvalue weighted by molar-refractivity contribution is 7.99. The van der Waals surface area contributed by atoms with E-state index in [1.54, 1.807) is 20.1 Å². The van der Waals surface area contributed by atoms with Crippen LogP contribution in [0.15, 0.2) is 162 Å². The standard InChI is InChI=1S/C61H61N17O22S9.O3S/c1-6-11-40-41(32-62)57-64-50-27-39(108(94,95)96)22-35(4)56(50)77(57)58(79)55(40)76-73-47-23-33(2)43(29-51(47)100-16-8-19-104(82,83)84)70-75-49-28-45(65-60-66-59(67-61(68-60)101-5)63-36-12-7-13-38(25-36)107(91,92)93)46(31-53(49)103-18-10-21-106(88,89)90)72-74-48-24-34(3)44(30-52(48)102-17-9-20-105(85,86)87)71-69-42-15-14-37(78(80)81)26-54(42)109(97,98)99;1-4(2)3/h7,12-15,22-31,79H,6,8-11,16-21H2,1-5H3,(H,82,83,84)(H,85,86,87)(H,88,89,90)(H,91,92,93)(H,94,95,96)(H,97,98,99)(H2,63,65,66,67,68);. The second kappa shape index (κ2) is 37.2. The second-order valence-electron chi connectivity index (χ2n) is 23.4. The summed E-state index contributed by atoms with van der Waals surface area (Å²) in [7, 11) is -31.1. The van der Waals surface area contributed by atoms with Gasteiger partial charge >= 0.3 is 10.6 Å². The van der Waals surface area contributed by atoms with Gasteiger partial charge in [-0.25, -0.2) is 4.98 Å². The van der Waals surface area contributed by atoms with Crippen LogP contribution in [0, 0.1) is 42.2 Å². The Labute approximate surface area is 657 Å². The van der Waals surface area contributed by atoms with Crippen molar-refractivity contribution in [3.05, 3.63) is 129 Å². The number of nitriles is 1. The molecule has 600 valence electrons. The van der Waals surface area contributed by atoms with Gasteiger partial charge in [0.05, 0.1) is 72.4 Å². The summed E-state index contributed by atoms with van der Waals surface area (Å²) in [6.07, 6.45) is 1.62.